The lowest BCUT2D eigenvalue weighted by molar-refractivity contribution is -0.131. The fraction of sp³-hybridized carbons (Fsp3) is 0.211. The molecule has 1 unspecified atom stereocenters. The Morgan fingerprint density at radius 3 is 2.04 bits per heavy atom. The third-order valence-electron chi connectivity index (χ3n) is 4.71. The third-order valence-corrected chi connectivity index (χ3v) is 4.71. The Balaban J connectivity index is 2.15. The smallest absolute Gasteiger partial charge is 0.327 e. The van der Waals surface area contributed by atoms with Crippen molar-refractivity contribution in [3.05, 3.63) is 83.4 Å². The predicted octanol–water partition coefficient (Wildman–Crippen LogP) is 4.30. The van der Waals surface area contributed by atoms with Gasteiger partial charge >= 0.3 is 5.97 Å². The molecule has 0 aliphatic heterocycles. The summed E-state index contributed by atoms with van der Waals surface area (Å²) >= 11 is 0. The summed E-state index contributed by atoms with van der Waals surface area (Å²) in [5, 5.41) is 8.90. The minimum atomic E-state index is -1.04. The average Bonchev–Trinajstić information content (AvgIpc) is 3.13. The summed E-state index contributed by atoms with van der Waals surface area (Å²) in [4.78, 5) is 10.9. The Hall–Kier alpha value is -2.49. The molecule has 0 radical (unpaired) electrons. The molecule has 0 spiro atoms. The minimum Gasteiger partial charge on any atom is -0.478 e. The average molecular weight is 314 g/mol. The lowest BCUT2D eigenvalue weighted by Gasteiger charge is -2.22. The molecule has 2 aromatic carbocycles. The van der Waals surface area contributed by atoms with Gasteiger partial charge in [-0.1, -0.05) is 37.3 Å². The largest absolute Gasteiger partial charge is 0.478 e. The van der Waals surface area contributed by atoms with Crippen LogP contribution in [0.5, 0.6) is 0 Å². The van der Waals surface area contributed by atoms with E-state index in [0.29, 0.717) is 6.42 Å². The van der Waals surface area contributed by atoms with Gasteiger partial charge in [0, 0.05) is 16.9 Å². The van der Waals surface area contributed by atoms with Crippen molar-refractivity contribution in [1.82, 2.24) is 0 Å². The van der Waals surface area contributed by atoms with Crippen LogP contribution in [-0.2, 0) is 10.2 Å². The number of hydrogen-bond acceptors (Lipinski definition) is 1. The minimum absolute atomic E-state index is 0.366. The van der Waals surface area contributed by atoms with Gasteiger partial charge in [-0.3, -0.25) is 0 Å². The molecule has 2 nitrogen and oxygen atoms in total. The maximum atomic E-state index is 13.7. The SMILES string of the molecule is CC1(C=CC(=O)O)CC1(c1cccc(F)c1)c1cccc(F)c1. The van der Waals surface area contributed by atoms with E-state index in [1.54, 1.807) is 30.3 Å². The van der Waals surface area contributed by atoms with E-state index in [4.69, 9.17) is 5.11 Å². The van der Waals surface area contributed by atoms with Gasteiger partial charge in [-0.15, -0.1) is 0 Å². The first-order valence-electron chi connectivity index (χ1n) is 7.32. The molecule has 0 heterocycles. The van der Waals surface area contributed by atoms with Gasteiger partial charge in [-0.25, -0.2) is 13.6 Å². The highest BCUT2D eigenvalue weighted by Crippen LogP contribution is 2.68. The summed E-state index contributed by atoms with van der Waals surface area (Å²) in [5.41, 5.74) is 0.317. The maximum absolute atomic E-state index is 13.7. The quantitative estimate of drug-likeness (QED) is 0.854. The third kappa shape index (κ3) is 2.54. The van der Waals surface area contributed by atoms with Crippen molar-refractivity contribution in [2.24, 2.45) is 5.41 Å². The van der Waals surface area contributed by atoms with Crippen molar-refractivity contribution in [3.63, 3.8) is 0 Å². The molecule has 2 aromatic rings. The molecule has 118 valence electrons. The summed E-state index contributed by atoms with van der Waals surface area (Å²) in [5.74, 6) is -1.77. The van der Waals surface area contributed by atoms with E-state index >= 15 is 0 Å². The first kappa shape index (κ1) is 15.4. The highest BCUT2D eigenvalue weighted by atomic mass is 19.1. The zero-order valence-corrected chi connectivity index (χ0v) is 12.6. The van der Waals surface area contributed by atoms with Crippen molar-refractivity contribution in [2.45, 2.75) is 18.8 Å². The summed E-state index contributed by atoms with van der Waals surface area (Å²) < 4.78 is 27.4. The Morgan fingerprint density at radius 1 is 1.09 bits per heavy atom. The second-order valence-electron chi connectivity index (χ2n) is 6.19. The van der Waals surface area contributed by atoms with Crippen LogP contribution in [0.2, 0.25) is 0 Å². The van der Waals surface area contributed by atoms with Gasteiger partial charge in [-0.2, -0.15) is 0 Å². The van der Waals surface area contributed by atoms with Gasteiger partial charge < -0.3 is 5.11 Å². The number of halogens is 2. The fourth-order valence-electron chi connectivity index (χ4n) is 3.50. The highest BCUT2D eigenvalue weighted by Gasteiger charge is 2.64. The summed E-state index contributed by atoms with van der Waals surface area (Å²) in [7, 11) is 0. The van der Waals surface area contributed by atoms with E-state index in [9.17, 15) is 13.6 Å². The van der Waals surface area contributed by atoms with Gasteiger partial charge in [0.1, 0.15) is 11.6 Å². The molecule has 3 rings (SSSR count). The molecular weight excluding hydrogens is 298 g/mol. The van der Waals surface area contributed by atoms with Crippen molar-refractivity contribution < 1.29 is 18.7 Å². The van der Waals surface area contributed by atoms with E-state index in [2.05, 4.69) is 0 Å². The van der Waals surface area contributed by atoms with Crippen LogP contribution in [0.25, 0.3) is 0 Å². The predicted molar refractivity (Wildman–Crippen MR) is 83.1 cm³/mol. The van der Waals surface area contributed by atoms with E-state index in [-0.39, 0.29) is 11.6 Å². The van der Waals surface area contributed by atoms with Gasteiger partial charge in [0.15, 0.2) is 0 Å². The van der Waals surface area contributed by atoms with Crippen molar-refractivity contribution >= 4 is 5.97 Å². The van der Waals surface area contributed by atoms with Crippen LogP contribution in [0.15, 0.2) is 60.7 Å². The van der Waals surface area contributed by atoms with Crippen LogP contribution in [0.3, 0.4) is 0 Å². The molecule has 1 aliphatic carbocycles. The van der Waals surface area contributed by atoms with Crippen LogP contribution >= 0.6 is 0 Å². The Labute approximate surface area is 133 Å². The fourth-order valence-corrected chi connectivity index (χ4v) is 3.50. The first-order chi connectivity index (χ1) is 10.9. The van der Waals surface area contributed by atoms with Crippen LogP contribution in [0, 0.1) is 17.0 Å². The molecule has 1 N–H and O–H groups in total. The van der Waals surface area contributed by atoms with Crippen LogP contribution in [0.1, 0.15) is 24.5 Å². The molecule has 1 saturated carbocycles. The van der Waals surface area contributed by atoms with Crippen LogP contribution in [-0.4, -0.2) is 11.1 Å². The van der Waals surface area contributed by atoms with Gasteiger partial charge in [-0.05, 0) is 41.8 Å². The summed E-state index contributed by atoms with van der Waals surface area (Å²) in [6.07, 6.45) is 3.31. The number of carboxylic acids is 1. The number of rotatable bonds is 4. The van der Waals surface area contributed by atoms with Crippen LogP contribution < -0.4 is 0 Å². The van der Waals surface area contributed by atoms with E-state index in [0.717, 1.165) is 17.2 Å². The molecule has 1 fully saturated rings. The monoisotopic (exact) mass is 314 g/mol. The molecule has 0 saturated heterocycles. The second kappa shape index (κ2) is 5.30. The van der Waals surface area contributed by atoms with Gasteiger partial charge in [0.25, 0.3) is 0 Å². The molecule has 1 aliphatic rings. The molecule has 23 heavy (non-hydrogen) atoms. The van der Waals surface area contributed by atoms with Gasteiger partial charge in [0.2, 0.25) is 0 Å². The zero-order chi connectivity index (χ0) is 16.7. The molecule has 0 bridgehead atoms. The van der Waals surface area contributed by atoms with Gasteiger partial charge in [0.05, 0.1) is 0 Å². The molecule has 4 heteroatoms. The summed E-state index contributed by atoms with van der Waals surface area (Å²) in [6.45, 7) is 1.91. The van der Waals surface area contributed by atoms with Crippen molar-refractivity contribution in [1.29, 1.82) is 0 Å². The maximum Gasteiger partial charge on any atom is 0.327 e. The number of allylic oxidation sites excluding steroid dienone is 1. The van der Waals surface area contributed by atoms with E-state index in [1.165, 1.54) is 24.3 Å². The second-order valence-corrected chi connectivity index (χ2v) is 6.19. The number of carbonyl (C=O) groups is 1. The summed E-state index contributed by atoms with van der Waals surface area (Å²) in [6, 6.07) is 12.4. The molecule has 0 aromatic heterocycles. The number of hydrogen-bond donors (Lipinski definition) is 1. The lowest BCUT2D eigenvalue weighted by atomic mass is 9.80. The Kier molecular flexibility index (Phi) is 3.55. The highest BCUT2D eigenvalue weighted by molar-refractivity contribution is 5.80. The molecule has 1 atom stereocenters. The van der Waals surface area contributed by atoms with Crippen molar-refractivity contribution in [3.8, 4) is 0 Å². The lowest BCUT2D eigenvalue weighted by Crippen LogP contribution is -2.17. The standard InChI is InChI=1S/C19H16F2O2/c1-18(9-8-17(22)23)12-19(18,13-4-2-6-15(20)10-13)14-5-3-7-16(21)11-14/h2-11H,12H2,1H3,(H,22,23). The zero-order valence-electron chi connectivity index (χ0n) is 12.6. The number of carboxylic acid groups (broad SMARTS) is 1. The molecular formula is C19H16F2O2. The van der Waals surface area contributed by atoms with Crippen molar-refractivity contribution in [2.75, 3.05) is 0 Å². The Bertz CT molecular complexity index is 752. The van der Waals surface area contributed by atoms with Crippen LogP contribution in [0.4, 0.5) is 8.78 Å². The normalized spacial score (nSPS) is 22.2. The van der Waals surface area contributed by atoms with E-state index in [1.807, 2.05) is 6.92 Å². The number of benzene rings is 2. The first-order valence-corrected chi connectivity index (χ1v) is 7.32. The Morgan fingerprint density at radius 2 is 1.61 bits per heavy atom. The topological polar surface area (TPSA) is 37.3 Å². The number of aliphatic carboxylic acids is 1. The molecule has 0 amide bonds. The van der Waals surface area contributed by atoms with E-state index < -0.39 is 16.8 Å².